The van der Waals surface area contributed by atoms with Crippen LogP contribution in [-0.2, 0) is 4.79 Å². The van der Waals surface area contributed by atoms with E-state index in [0.29, 0.717) is 42.1 Å². The molecule has 0 spiro atoms. The third-order valence-corrected chi connectivity index (χ3v) is 5.04. The van der Waals surface area contributed by atoms with E-state index >= 15 is 0 Å². The van der Waals surface area contributed by atoms with Gasteiger partial charge in [0.05, 0.1) is 18.1 Å². The molecule has 1 aliphatic heterocycles. The molecule has 144 valence electrons. The van der Waals surface area contributed by atoms with Gasteiger partial charge in [-0.3, -0.25) is 4.79 Å². The number of halogens is 1. The molecule has 1 unspecified atom stereocenters. The minimum absolute atomic E-state index is 0.0184. The number of carbonyl (C=O) groups excluding carboxylic acids is 1. The first-order chi connectivity index (χ1) is 13.6. The number of para-hydroxylation sites is 1. The van der Waals surface area contributed by atoms with E-state index in [4.69, 9.17) is 20.9 Å². The Morgan fingerprint density at radius 2 is 2.11 bits per heavy atom. The van der Waals surface area contributed by atoms with Crippen molar-refractivity contribution in [2.45, 2.75) is 26.2 Å². The predicted molar refractivity (Wildman–Crippen MR) is 107 cm³/mol. The van der Waals surface area contributed by atoms with Crippen molar-refractivity contribution in [1.82, 2.24) is 10.1 Å². The molecule has 0 aliphatic carbocycles. The molecule has 1 fully saturated rings. The van der Waals surface area contributed by atoms with Gasteiger partial charge in [-0.1, -0.05) is 35.0 Å². The van der Waals surface area contributed by atoms with Crippen LogP contribution in [0.3, 0.4) is 0 Å². The van der Waals surface area contributed by atoms with Gasteiger partial charge in [-0.25, -0.2) is 0 Å². The molecule has 2 heterocycles. The van der Waals surface area contributed by atoms with Crippen molar-refractivity contribution in [3.05, 3.63) is 58.9 Å². The number of carbonyl (C=O) groups is 1. The van der Waals surface area contributed by atoms with Gasteiger partial charge in [0.1, 0.15) is 5.75 Å². The van der Waals surface area contributed by atoms with Crippen molar-refractivity contribution in [3.63, 3.8) is 0 Å². The fourth-order valence-corrected chi connectivity index (χ4v) is 3.59. The lowest BCUT2D eigenvalue weighted by Crippen LogP contribution is -2.25. The summed E-state index contributed by atoms with van der Waals surface area (Å²) in [7, 11) is 0. The lowest BCUT2D eigenvalue weighted by atomic mass is 10.1. The molecule has 1 saturated heterocycles. The predicted octanol–water partition coefficient (Wildman–Crippen LogP) is 4.62. The molecule has 28 heavy (non-hydrogen) atoms. The zero-order valence-electron chi connectivity index (χ0n) is 15.7. The van der Waals surface area contributed by atoms with E-state index in [1.54, 1.807) is 4.90 Å². The Hall–Kier alpha value is -2.86. The van der Waals surface area contributed by atoms with E-state index < -0.39 is 0 Å². The molecule has 1 aliphatic rings. The number of anilines is 1. The second-order valence-electron chi connectivity index (χ2n) is 6.72. The van der Waals surface area contributed by atoms with Crippen molar-refractivity contribution in [1.29, 1.82) is 0 Å². The van der Waals surface area contributed by atoms with E-state index in [2.05, 4.69) is 10.1 Å². The van der Waals surface area contributed by atoms with Crippen LogP contribution in [0.1, 0.15) is 30.7 Å². The van der Waals surface area contributed by atoms with Crippen LogP contribution in [0.15, 0.2) is 47.0 Å². The zero-order chi connectivity index (χ0) is 19.7. The molecule has 1 amide bonds. The quantitative estimate of drug-likeness (QED) is 0.628. The summed E-state index contributed by atoms with van der Waals surface area (Å²) in [4.78, 5) is 18.9. The van der Waals surface area contributed by atoms with Crippen molar-refractivity contribution in [2.75, 3.05) is 18.1 Å². The van der Waals surface area contributed by atoms with Crippen LogP contribution < -0.4 is 9.64 Å². The fourth-order valence-electron chi connectivity index (χ4n) is 3.42. The first-order valence-corrected chi connectivity index (χ1v) is 9.57. The van der Waals surface area contributed by atoms with Gasteiger partial charge < -0.3 is 14.2 Å². The van der Waals surface area contributed by atoms with E-state index in [-0.39, 0.29) is 11.8 Å². The Bertz CT molecular complexity index is 1020. The van der Waals surface area contributed by atoms with Crippen LogP contribution in [-0.4, -0.2) is 29.2 Å². The average molecular weight is 398 g/mol. The number of nitrogens with zero attached hydrogens (tertiary/aromatic N) is 3. The van der Waals surface area contributed by atoms with Crippen molar-refractivity contribution in [2.24, 2.45) is 0 Å². The van der Waals surface area contributed by atoms with Crippen molar-refractivity contribution >= 4 is 23.2 Å². The largest absolute Gasteiger partial charge is 0.493 e. The normalized spacial score (nSPS) is 16.6. The molecule has 2 aromatic carbocycles. The molecule has 0 N–H and O–H groups in total. The molecule has 0 bridgehead atoms. The van der Waals surface area contributed by atoms with Gasteiger partial charge in [0.15, 0.2) is 0 Å². The number of hydrogen-bond acceptors (Lipinski definition) is 5. The maximum absolute atomic E-state index is 12.6. The third-order valence-electron chi connectivity index (χ3n) is 4.81. The summed E-state index contributed by atoms with van der Waals surface area (Å²) in [6, 6.07) is 13.1. The molecule has 6 nitrogen and oxygen atoms in total. The lowest BCUT2D eigenvalue weighted by molar-refractivity contribution is -0.117. The van der Waals surface area contributed by atoms with Crippen LogP contribution in [0.25, 0.3) is 11.4 Å². The van der Waals surface area contributed by atoms with E-state index in [1.165, 1.54) is 0 Å². The van der Waals surface area contributed by atoms with E-state index in [0.717, 1.165) is 16.8 Å². The smallest absolute Gasteiger partial charge is 0.232 e. The highest BCUT2D eigenvalue weighted by Crippen LogP contribution is 2.35. The first-order valence-electron chi connectivity index (χ1n) is 9.19. The molecule has 0 saturated carbocycles. The highest BCUT2D eigenvalue weighted by atomic mass is 35.5. The first kappa shape index (κ1) is 18.5. The molecule has 3 aromatic rings. The maximum atomic E-state index is 12.6. The average Bonchev–Trinajstić information content (AvgIpc) is 3.31. The van der Waals surface area contributed by atoms with Crippen LogP contribution in [0, 0.1) is 6.92 Å². The van der Waals surface area contributed by atoms with Gasteiger partial charge in [0, 0.05) is 23.7 Å². The van der Waals surface area contributed by atoms with E-state index in [9.17, 15) is 4.79 Å². The van der Waals surface area contributed by atoms with Gasteiger partial charge in [-0.2, -0.15) is 4.98 Å². The SMILES string of the molecule is CCOc1ccccc1-c1noc(C2CC(=O)N(c3cc(Cl)ccc3C)C2)n1. The number of aromatic nitrogens is 2. The van der Waals surface area contributed by atoms with Crippen LogP contribution in [0.4, 0.5) is 5.69 Å². The molecular weight excluding hydrogens is 378 g/mol. The van der Waals surface area contributed by atoms with Crippen molar-refractivity contribution in [3.8, 4) is 17.1 Å². The summed E-state index contributed by atoms with van der Waals surface area (Å²) in [5, 5.41) is 4.71. The minimum atomic E-state index is -0.161. The van der Waals surface area contributed by atoms with E-state index in [1.807, 2.05) is 56.3 Å². The Kier molecular flexibility index (Phi) is 5.05. The second-order valence-corrected chi connectivity index (χ2v) is 7.16. The Morgan fingerprint density at radius 3 is 2.93 bits per heavy atom. The number of rotatable bonds is 5. The summed E-state index contributed by atoms with van der Waals surface area (Å²) in [5.74, 6) is 1.48. The lowest BCUT2D eigenvalue weighted by Gasteiger charge is -2.18. The number of benzene rings is 2. The maximum Gasteiger partial charge on any atom is 0.232 e. The van der Waals surface area contributed by atoms with Gasteiger partial charge in [0.25, 0.3) is 0 Å². The number of amides is 1. The van der Waals surface area contributed by atoms with Gasteiger partial charge in [-0.15, -0.1) is 0 Å². The second kappa shape index (κ2) is 7.64. The zero-order valence-corrected chi connectivity index (χ0v) is 16.4. The van der Waals surface area contributed by atoms with Crippen LogP contribution >= 0.6 is 11.6 Å². The van der Waals surface area contributed by atoms with Crippen molar-refractivity contribution < 1.29 is 14.1 Å². The third kappa shape index (κ3) is 3.47. The summed E-state index contributed by atoms with van der Waals surface area (Å²) >= 11 is 6.12. The molecular formula is C21H20ClN3O3. The molecule has 0 radical (unpaired) electrons. The summed E-state index contributed by atoms with van der Waals surface area (Å²) in [6.45, 7) is 4.91. The topological polar surface area (TPSA) is 68.5 Å². The van der Waals surface area contributed by atoms with Gasteiger partial charge in [-0.05, 0) is 43.7 Å². The monoisotopic (exact) mass is 397 g/mol. The Labute approximate surface area is 168 Å². The van der Waals surface area contributed by atoms with Gasteiger partial charge >= 0.3 is 0 Å². The molecule has 7 heteroatoms. The van der Waals surface area contributed by atoms with Crippen LogP contribution in [0.5, 0.6) is 5.75 Å². The Balaban J connectivity index is 1.59. The number of hydrogen-bond donors (Lipinski definition) is 0. The molecule has 4 rings (SSSR count). The summed E-state index contributed by atoms with van der Waals surface area (Å²) in [5.41, 5.74) is 2.59. The molecule has 1 atom stereocenters. The minimum Gasteiger partial charge on any atom is -0.493 e. The number of ether oxygens (including phenoxy) is 1. The highest BCUT2D eigenvalue weighted by molar-refractivity contribution is 6.31. The number of aryl methyl sites for hydroxylation is 1. The fraction of sp³-hybridized carbons (Fsp3) is 0.286. The summed E-state index contributed by atoms with van der Waals surface area (Å²) < 4.78 is 11.1. The standard InChI is InChI=1S/C21H20ClN3O3/c1-3-27-18-7-5-4-6-16(18)20-23-21(28-24-20)14-10-19(26)25(12-14)17-11-15(22)9-8-13(17)2/h4-9,11,14H,3,10,12H2,1-2H3. The molecule has 1 aromatic heterocycles. The summed E-state index contributed by atoms with van der Waals surface area (Å²) in [6.07, 6.45) is 0.320. The highest BCUT2D eigenvalue weighted by Gasteiger charge is 2.36. The van der Waals surface area contributed by atoms with Gasteiger partial charge in [0.2, 0.25) is 17.6 Å². The Morgan fingerprint density at radius 1 is 1.29 bits per heavy atom. The van der Waals surface area contributed by atoms with Crippen LogP contribution in [0.2, 0.25) is 5.02 Å².